The van der Waals surface area contributed by atoms with Crippen LogP contribution in [0.3, 0.4) is 0 Å². The number of hydrogen-bond donors (Lipinski definition) is 2. The summed E-state index contributed by atoms with van der Waals surface area (Å²) in [6, 6.07) is 0. The second-order valence-corrected chi connectivity index (χ2v) is 8.06. The van der Waals surface area contributed by atoms with E-state index in [1.165, 1.54) is 0 Å². The quantitative estimate of drug-likeness (QED) is 0.679. The Labute approximate surface area is 150 Å². The maximum absolute atomic E-state index is 13.1. The van der Waals surface area contributed by atoms with Crippen molar-refractivity contribution >= 4 is 23.9 Å². The van der Waals surface area contributed by atoms with E-state index in [4.69, 9.17) is 9.47 Å². The number of ether oxygens (including phenoxy) is 2. The van der Waals surface area contributed by atoms with Crippen molar-refractivity contribution in [2.24, 2.45) is 16.2 Å². The lowest BCUT2D eigenvalue weighted by molar-refractivity contribution is -0.172. The topological polar surface area (TPSA) is 127 Å². The second kappa shape index (κ2) is 6.55. The molecule has 2 aliphatic heterocycles. The van der Waals surface area contributed by atoms with Gasteiger partial charge in [0.25, 0.3) is 0 Å². The van der Waals surface area contributed by atoms with Crippen LogP contribution in [0, 0.1) is 16.2 Å². The fourth-order valence-corrected chi connectivity index (χ4v) is 5.27. The predicted molar refractivity (Wildman–Crippen MR) is 86.0 cm³/mol. The van der Waals surface area contributed by atoms with Crippen LogP contribution in [0.1, 0.15) is 57.8 Å². The van der Waals surface area contributed by atoms with Gasteiger partial charge in [-0.05, 0) is 43.9 Å². The molecule has 1 saturated carbocycles. The monoisotopic (exact) mass is 368 g/mol. The number of esters is 2. The molecule has 3 rings (SSSR count). The first-order valence-electron chi connectivity index (χ1n) is 8.99. The van der Waals surface area contributed by atoms with Gasteiger partial charge in [-0.15, -0.1) is 0 Å². The Kier molecular flexibility index (Phi) is 4.71. The van der Waals surface area contributed by atoms with Crippen molar-refractivity contribution < 1.29 is 38.9 Å². The van der Waals surface area contributed by atoms with Gasteiger partial charge in [0.2, 0.25) is 0 Å². The molecule has 0 aromatic carbocycles. The largest absolute Gasteiger partial charge is 0.481 e. The van der Waals surface area contributed by atoms with Crippen molar-refractivity contribution in [3.05, 3.63) is 0 Å². The summed E-state index contributed by atoms with van der Waals surface area (Å²) in [6.07, 6.45) is 1.92. The lowest BCUT2D eigenvalue weighted by Crippen LogP contribution is -2.48. The van der Waals surface area contributed by atoms with Crippen molar-refractivity contribution in [3.8, 4) is 0 Å². The maximum atomic E-state index is 13.1. The molecule has 1 aliphatic carbocycles. The Morgan fingerprint density at radius 2 is 1.58 bits per heavy atom. The van der Waals surface area contributed by atoms with E-state index in [0.717, 1.165) is 0 Å². The normalized spacial score (nSPS) is 36.3. The van der Waals surface area contributed by atoms with Gasteiger partial charge in [0.15, 0.2) is 0 Å². The van der Waals surface area contributed by atoms with Crippen LogP contribution >= 0.6 is 0 Å². The molecule has 26 heavy (non-hydrogen) atoms. The summed E-state index contributed by atoms with van der Waals surface area (Å²) in [5.41, 5.74) is -2.34. The number of aliphatic carboxylic acids is 2. The molecule has 0 aromatic rings. The van der Waals surface area contributed by atoms with Crippen LogP contribution in [0.15, 0.2) is 0 Å². The third-order valence-corrected chi connectivity index (χ3v) is 6.64. The average Bonchev–Trinajstić information content (AvgIpc) is 2.94. The highest BCUT2D eigenvalue weighted by Gasteiger charge is 2.65. The Bertz CT molecular complexity index is 643. The molecule has 0 amide bonds. The van der Waals surface area contributed by atoms with Crippen LogP contribution in [0.4, 0.5) is 0 Å². The van der Waals surface area contributed by atoms with Gasteiger partial charge in [0.1, 0.15) is 13.2 Å². The minimum Gasteiger partial charge on any atom is -0.481 e. The van der Waals surface area contributed by atoms with Crippen LogP contribution in [0.5, 0.6) is 0 Å². The first-order valence-corrected chi connectivity index (χ1v) is 8.99. The van der Waals surface area contributed by atoms with Crippen LogP contribution in [-0.4, -0.2) is 47.3 Å². The van der Waals surface area contributed by atoms with E-state index in [-0.39, 0.29) is 51.7 Å². The molecular formula is C18H24O8. The molecule has 0 aromatic heterocycles. The minimum atomic E-state index is -1.16. The number of cyclic esters (lactones) is 2. The lowest BCUT2D eigenvalue weighted by atomic mass is 9.55. The second-order valence-electron chi connectivity index (χ2n) is 8.06. The van der Waals surface area contributed by atoms with E-state index < -0.39 is 40.1 Å². The molecule has 3 atom stereocenters. The minimum absolute atomic E-state index is 0.000377. The SMILES string of the molecule is O=C(O)CCC12CCC3(COC(=O)CCC1(CCC(=O)O)C(=O)OC3)C2. The number of carboxylic acid groups (broad SMARTS) is 2. The van der Waals surface area contributed by atoms with Crippen molar-refractivity contribution in [1.82, 2.24) is 0 Å². The third kappa shape index (κ3) is 3.05. The van der Waals surface area contributed by atoms with Gasteiger partial charge in [-0.25, -0.2) is 0 Å². The smallest absolute Gasteiger partial charge is 0.312 e. The highest BCUT2D eigenvalue weighted by Crippen LogP contribution is 2.66. The maximum Gasteiger partial charge on any atom is 0.312 e. The molecule has 2 saturated heterocycles. The number of carbonyl (C=O) groups is 4. The molecule has 2 N–H and O–H groups in total. The molecule has 2 heterocycles. The van der Waals surface area contributed by atoms with Gasteiger partial charge < -0.3 is 19.7 Å². The van der Waals surface area contributed by atoms with E-state index in [1.54, 1.807) is 0 Å². The molecule has 8 heteroatoms. The van der Waals surface area contributed by atoms with Gasteiger partial charge in [0, 0.05) is 24.7 Å². The molecule has 0 spiro atoms. The Morgan fingerprint density at radius 3 is 2.27 bits per heavy atom. The summed E-state index contributed by atoms with van der Waals surface area (Å²) in [7, 11) is 0. The standard InChI is InChI=1S/C18H24O8/c19-12(20)1-4-17-8-7-16(9-17)10-25-14(23)3-6-18(17,5-2-13(21)22)15(24)26-11-16/h1-11H2,(H,19,20)(H,21,22). The number of hydrogen-bond acceptors (Lipinski definition) is 6. The van der Waals surface area contributed by atoms with Crippen LogP contribution < -0.4 is 0 Å². The van der Waals surface area contributed by atoms with Crippen LogP contribution in [-0.2, 0) is 28.7 Å². The molecular weight excluding hydrogens is 344 g/mol. The highest BCUT2D eigenvalue weighted by molar-refractivity contribution is 5.81. The van der Waals surface area contributed by atoms with Gasteiger partial charge in [0.05, 0.1) is 5.41 Å². The summed E-state index contributed by atoms with van der Waals surface area (Å²) in [5, 5.41) is 18.4. The van der Waals surface area contributed by atoms with E-state index in [2.05, 4.69) is 0 Å². The van der Waals surface area contributed by atoms with E-state index >= 15 is 0 Å². The highest BCUT2D eigenvalue weighted by atomic mass is 16.6. The summed E-state index contributed by atoms with van der Waals surface area (Å²) >= 11 is 0. The Hall–Kier alpha value is -2.12. The Morgan fingerprint density at radius 1 is 0.923 bits per heavy atom. The predicted octanol–water partition coefficient (Wildman–Crippen LogP) is 1.75. The molecule has 3 fully saturated rings. The molecule has 3 unspecified atom stereocenters. The van der Waals surface area contributed by atoms with E-state index in [1.807, 2.05) is 0 Å². The molecule has 3 aliphatic rings. The van der Waals surface area contributed by atoms with Gasteiger partial charge in [-0.2, -0.15) is 0 Å². The van der Waals surface area contributed by atoms with Gasteiger partial charge >= 0.3 is 23.9 Å². The van der Waals surface area contributed by atoms with Gasteiger partial charge in [-0.3, -0.25) is 19.2 Å². The van der Waals surface area contributed by atoms with Crippen LogP contribution in [0.25, 0.3) is 0 Å². The van der Waals surface area contributed by atoms with Crippen LogP contribution in [0.2, 0.25) is 0 Å². The van der Waals surface area contributed by atoms with Crippen molar-refractivity contribution in [2.75, 3.05) is 13.2 Å². The first kappa shape index (κ1) is 18.7. The third-order valence-electron chi connectivity index (χ3n) is 6.64. The fourth-order valence-electron chi connectivity index (χ4n) is 5.27. The number of carbonyl (C=O) groups excluding carboxylic acids is 2. The zero-order chi connectivity index (χ0) is 19.0. The Balaban J connectivity index is 2.08. The summed E-state index contributed by atoms with van der Waals surface area (Å²) in [6.45, 7) is 0.283. The molecule has 3 bridgehead atoms. The fraction of sp³-hybridized carbons (Fsp3) is 0.778. The molecule has 144 valence electrons. The average molecular weight is 368 g/mol. The first-order chi connectivity index (χ1) is 12.2. The van der Waals surface area contributed by atoms with E-state index in [9.17, 15) is 29.4 Å². The van der Waals surface area contributed by atoms with Crippen molar-refractivity contribution in [3.63, 3.8) is 0 Å². The summed E-state index contributed by atoms with van der Waals surface area (Å²) in [5.74, 6) is -2.87. The molecule has 0 radical (unpaired) electrons. The van der Waals surface area contributed by atoms with Gasteiger partial charge in [-0.1, -0.05) is 0 Å². The number of carboxylic acids is 2. The molecule has 8 nitrogen and oxygen atoms in total. The van der Waals surface area contributed by atoms with E-state index in [0.29, 0.717) is 19.3 Å². The zero-order valence-corrected chi connectivity index (χ0v) is 14.6. The zero-order valence-electron chi connectivity index (χ0n) is 14.6. The van der Waals surface area contributed by atoms with Crippen molar-refractivity contribution in [2.45, 2.75) is 57.8 Å². The summed E-state index contributed by atoms with van der Waals surface area (Å²) < 4.78 is 10.9. The number of rotatable bonds is 6. The lowest BCUT2D eigenvalue weighted by Gasteiger charge is -2.46. The van der Waals surface area contributed by atoms with Crippen molar-refractivity contribution in [1.29, 1.82) is 0 Å². The summed E-state index contributed by atoms with van der Waals surface area (Å²) in [4.78, 5) is 47.6.